The molecule has 1 aromatic heterocycles. The monoisotopic (exact) mass is 371 g/mol. The largest absolute Gasteiger partial charge is 0.465 e. The van der Waals surface area contributed by atoms with Crippen molar-refractivity contribution >= 4 is 34.4 Å². The quantitative estimate of drug-likeness (QED) is 0.634. The number of aromatic nitrogens is 2. The van der Waals surface area contributed by atoms with Gasteiger partial charge in [0.05, 0.1) is 12.7 Å². The summed E-state index contributed by atoms with van der Waals surface area (Å²) in [5.74, 6) is -0.160. The Morgan fingerprint density at radius 1 is 1.15 bits per heavy atom. The highest BCUT2D eigenvalue weighted by Gasteiger charge is 2.19. The van der Waals surface area contributed by atoms with Crippen molar-refractivity contribution in [1.29, 1.82) is 0 Å². The molecule has 3 rings (SSSR count). The van der Waals surface area contributed by atoms with Gasteiger partial charge in [-0.2, -0.15) is 0 Å². The maximum absolute atomic E-state index is 12.1. The zero-order valence-electron chi connectivity index (χ0n) is 14.6. The van der Waals surface area contributed by atoms with E-state index in [0.717, 1.165) is 23.4 Å². The van der Waals surface area contributed by atoms with Gasteiger partial charge in [0.25, 0.3) is 0 Å². The van der Waals surface area contributed by atoms with Gasteiger partial charge in [0, 0.05) is 12.0 Å². The maximum Gasteiger partial charge on any atom is 0.337 e. The molecule has 1 fully saturated rings. The van der Waals surface area contributed by atoms with Crippen LogP contribution in [0.1, 0.15) is 59.0 Å². The number of hydrogen-bond donors (Lipinski definition) is 1. The van der Waals surface area contributed by atoms with Crippen molar-refractivity contribution in [2.24, 2.45) is 0 Å². The van der Waals surface area contributed by atoms with Gasteiger partial charge in [0.1, 0.15) is 5.01 Å². The molecule has 0 unspecified atom stereocenters. The lowest BCUT2D eigenvalue weighted by Gasteiger charge is -2.18. The molecule has 0 atom stereocenters. The molecule has 2 aromatic rings. The Labute approximate surface area is 156 Å². The minimum Gasteiger partial charge on any atom is -0.465 e. The number of ether oxygens (including phenoxy) is 1. The number of methoxy groups -OCH3 is 1. The zero-order valence-corrected chi connectivity index (χ0v) is 15.4. The van der Waals surface area contributed by atoms with E-state index in [2.05, 4.69) is 20.3 Å². The fourth-order valence-corrected chi connectivity index (χ4v) is 3.88. The minimum absolute atomic E-state index is 0.256. The van der Waals surface area contributed by atoms with Crippen LogP contribution >= 0.6 is 11.3 Å². The van der Waals surface area contributed by atoms with E-state index in [1.165, 1.54) is 43.8 Å². The highest BCUT2D eigenvalue weighted by atomic mass is 32.1. The molecule has 1 amide bonds. The third-order valence-electron chi connectivity index (χ3n) is 4.38. The molecule has 0 radical (unpaired) electrons. The second-order valence-electron chi connectivity index (χ2n) is 6.22. The lowest BCUT2D eigenvalue weighted by atomic mass is 9.90. The molecule has 26 heavy (non-hydrogen) atoms. The first-order valence-corrected chi connectivity index (χ1v) is 9.48. The lowest BCUT2D eigenvalue weighted by molar-refractivity contribution is -0.111. The molecule has 0 saturated heterocycles. The molecule has 1 heterocycles. The first kappa shape index (κ1) is 18.3. The summed E-state index contributed by atoms with van der Waals surface area (Å²) in [7, 11) is 1.34. The number of amides is 1. The van der Waals surface area contributed by atoms with Gasteiger partial charge in [-0.1, -0.05) is 42.7 Å². The number of nitrogens with one attached hydrogen (secondary N) is 1. The van der Waals surface area contributed by atoms with Crippen LogP contribution in [0.2, 0.25) is 0 Å². The summed E-state index contributed by atoms with van der Waals surface area (Å²) in [5.41, 5.74) is 1.28. The van der Waals surface area contributed by atoms with Crippen LogP contribution in [0.5, 0.6) is 0 Å². The van der Waals surface area contributed by atoms with Crippen molar-refractivity contribution in [1.82, 2.24) is 10.2 Å². The molecule has 1 aromatic carbocycles. The Bertz CT molecular complexity index is 793. The molecule has 0 spiro atoms. The molecular formula is C19H21N3O3S. The Morgan fingerprint density at radius 3 is 2.58 bits per heavy atom. The lowest BCUT2D eigenvalue weighted by Crippen LogP contribution is -2.07. The molecule has 7 heteroatoms. The third-order valence-corrected chi connectivity index (χ3v) is 5.39. The van der Waals surface area contributed by atoms with E-state index in [1.807, 2.05) is 0 Å². The number of anilines is 1. The van der Waals surface area contributed by atoms with Crippen LogP contribution < -0.4 is 5.32 Å². The number of esters is 1. The Balaban J connectivity index is 1.56. The number of carbonyl (C=O) groups excluding carboxylic acids is 2. The van der Waals surface area contributed by atoms with E-state index in [9.17, 15) is 9.59 Å². The Hall–Kier alpha value is -2.54. The summed E-state index contributed by atoms with van der Waals surface area (Å²) in [4.78, 5) is 23.5. The highest BCUT2D eigenvalue weighted by Crippen LogP contribution is 2.35. The summed E-state index contributed by atoms with van der Waals surface area (Å²) in [5, 5.41) is 12.6. The van der Waals surface area contributed by atoms with Crippen molar-refractivity contribution in [3.05, 3.63) is 46.5 Å². The van der Waals surface area contributed by atoms with Gasteiger partial charge < -0.3 is 4.74 Å². The molecule has 0 bridgehead atoms. The van der Waals surface area contributed by atoms with E-state index in [0.29, 0.717) is 16.6 Å². The van der Waals surface area contributed by atoms with Gasteiger partial charge in [0.15, 0.2) is 0 Å². The molecule has 1 N–H and O–H groups in total. The highest BCUT2D eigenvalue weighted by molar-refractivity contribution is 7.15. The summed E-state index contributed by atoms with van der Waals surface area (Å²) in [6.07, 6.45) is 9.21. The number of rotatable bonds is 5. The molecule has 136 valence electrons. The van der Waals surface area contributed by atoms with Gasteiger partial charge in [0.2, 0.25) is 11.0 Å². The average Bonchev–Trinajstić information content (AvgIpc) is 3.15. The van der Waals surface area contributed by atoms with Gasteiger partial charge in [-0.05, 0) is 36.6 Å². The molecular weight excluding hydrogens is 350 g/mol. The average molecular weight is 371 g/mol. The van der Waals surface area contributed by atoms with Gasteiger partial charge in [-0.15, -0.1) is 10.2 Å². The summed E-state index contributed by atoms with van der Waals surface area (Å²) < 4.78 is 4.65. The number of benzene rings is 1. The molecule has 1 aliphatic carbocycles. The van der Waals surface area contributed by atoms with Gasteiger partial charge >= 0.3 is 5.97 Å². The Kier molecular flexibility index (Phi) is 6.12. The summed E-state index contributed by atoms with van der Waals surface area (Å²) >= 11 is 1.46. The van der Waals surface area contributed by atoms with Crippen molar-refractivity contribution < 1.29 is 14.3 Å². The van der Waals surface area contributed by atoms with E-state index >= 15 is 0 Å². The second-order valence-corrected chi connectivity index (χ2v) is 7.23. The van der Waals surface area contributed by atoms with Crippen LogP contribution in [0.4, 0.5) is 5.13 Å². The number of carbonyl (C=O) groups is 2. The van der Waals surface area contributed by atoms with Crippen molar-refractivity contribution in [2.75, 3.05) is 12.4 Å². The van der Waals surface area contributed by atoms with E-state index in [1.54, 1.807) is 30.3 Å². The smallest absolute Gasteiger partial charge is 0.337 e. The topological polar surface area (TPSA) is 81.2 Å². The van der Waals surface area contributed by atoms with Gasteiger partial charge in [-0.3, -0.25) is 10.1 Å². The Morgan fingerprint density at radius 2 is 1.88 bits per heavy atom. The predicted molar refractivity (Wildman–Crippen MR) is 101 cm³/mol. The van der Waals surface area contributed by atoms with Crippen LogP contribution in [-0.2, 0) is 9.53 Å². The third kappa shape index (κ3) is 4.76. The first-order chi connectivity index (χ1) is 12.7. The fraction of sp³-hybridized carbons (Fsp3) is 0.368. The number of hydrogen-bond acceptors (Lipinski definition) is 6. The summed E-state index contributed by atoms with van der Waals surface area (Å²) in [6.45, 7) is 0. The first-order valence-electron chi connectivity index (χ1n) is 8.66. The molecule has 1 saturated carbocycles. The van der Waals surface area contributed by atoms with Crippen LogP contribution in [0, 0.1) is 0 Å². The van der Waals surface area contributed by atoms with Crippen LogP contribution in [0.25, 0.3) is 6.08 Å². The van der Waals surface area contributed by atoms with E-state index in [-0.39, 0.29) is 11.9 Å². The molecule has 0 aliphatic heterocycles. The fourth-order valence-electron chi connectivity index (χ4n) is 2.97. The van der Waals surface area contributed by atoms with Crippen LogP contribution in [-0.4, -0.2) is 29.2 Å². The maximum atomic E-state index is 12.1. The van der Waals surface area contributed by atoms with E-state index < -0.39 is 0 Å². The molecule has 6 nitrogen and oxygen atoms in total. The second kappa shape index (κ2) is 8.71. The number of nitrogens with zero attached hydrogens (tertiary/aromatic N) is 2. The normalized spacial score (nSPS) is 15.1. The SMILES string of the molecule is COC(=O)c1ccc(/C=C\C(=O)Nc2nnc(C3CCCCC3)s2)cc1. The molecule has 1 aliphatic rings. The summed E-state index contributed by atoms with van der Waals surface area (Å²) in [6, 6.07) is 6.82. The van der Waals surface area contributed by atoms with Crippen molar-refractivity contribution in [2.45, 2.75) is 38.0 Å². The van der Waals surface area contributed by atoms with Crippen LogP contribution in [0.15, 0.2) is 30.3 Å². The predicted octanol–water partition coefficient (Wildman–Crippen LogP) is 4.02. The zero-order chi connectivity index (χ0) is 18.4. The standard InChI is InChI=1S/C19H21N3O3S/c1-25-18(24)15-10-7-13(8-11-15)9-12-16(23)20-19-22-21-17(26-19)14-5-3-2-4-6-14/h7-12,14H,2-6H2,1H3,(H,20,22,23)/b12-9-. The van der Waals surface area contributed by atoms with Crippen LogP contribution in [0.3, 0.4) is 0 Å². The minimum atomic E-state index is -0.386. The van der Waals surface area contributed by atoms with Crippen molar-refractivity contribution in [3.63, 3.8) is 0 Å². The van der Waals surface area contributed by atoms with Gasteiger partial charge in [-0.25, -0.2) is 4.79 Å². The van der Waals surface area contributed by atoms with Crippen molar-refractivity contribution in [3.8, 4) is 0 Å². The van der Waals surface area contributed by atoms with E-state index in [4.69, 9.17) is 0 Å².